The fourth-order valence-corrected chi connectivity index (χ4v) is 3.57. The van der Waals surface area contributed by atoms with Crippen molar-refractivity contribution >= 4 is 11.8 Å². The molecule has 0 fully saturated rings. The molecule has 3 heterocycles. The van der Waals surface area contributed by atoms with Crippen LogP contribution in [0.1, 0.15) is 28.7 Å². The molecule has 0 aliphatic carbocycles. The highest BCUT2D eigenvalue weighted by atomic mass is 19.4. The van der Waals surface area contributed by atoms with Gasteiger partial charge in [0.15, 0.2) is 0 Å². The number of alkyl halides is 3. The average Bonchev–Trinajstić information content (AvgIpc) is 3.46. The molecule has 2 atom stereocenters. The first-order valence-electron chi connectivity index (χ1n) is 10.1. The molecule has 184 valence electrons. The van der Waals surface area contributed by atoms with Crippen LogP contribution in [0.5, 0.6) is 5.75 Å². The third-order valence-corrected chi connectivity index (χ3v) is 5.79. The molecule has 0 unspecified atom stereocenters. The molecule has 1 aliphatic heterocycles. The molecule has 35 heavy (non-hydrogen) atoms. The van der Waals surface area contributed by atoms with E-state index in [2.05, 4.69) is 14.7 Å². The van der Waals surface area contributed by atoms with Gasteiger partial charge in [-0.1, -0.05) is 5.16 Å². The van der Waals surface area contributed by atoms with Crippen molar-refractivity contribution in [3.8, 4) is 17.0 Å². The molecule has 2 amide bonds. The van der Waals surface area contributed by atoms with E-state index in [0.29, 0.717) is 0 Å². The number of aliphatic hydroxyl groups is 1. The van der Waals surface area contributed by atoms with Crippen molar-refractivity contribution in [2.75, 3.05) is 13.2 Å². The molecule has 2 aromatic heterocycles. The topological polar surface area (TPSA) is 141 Å². The Morgan fingerprint density at radius 3 is 2.49 bits per heavy atom. The van der Waals surface area contributed by atoms with E-state index in [4.69, 9.17) is 10.5 Å². The van der Waals surface area contributed by atoms with Gasteiger partial charge in [0.1, 0.15) is 29.3 Å². The van der Waals surface area contributed by atoms with Crippen LogP contribution in [0.25, 0.3) is 11.3 Å². The molecular weight excluding hydrogens is 476 g/mol. The summed E-state index contributed by atoms with van der Waals surface area (Å²) in [5, 5.41) is 16.1. The van der Waals surface area contributed by atoms with E-state index in [0.717, 1.165) is 30.5 Å². The smallest absolute Gasteiger partial charge is 0.424 e. The zero-order valence-electron chi connectivity index (χ0n) is 18.0. The first kappa shape index (κ1) is 24.1. The standard InChI is InChI=1S/C22H18F4N4O5/c1-20(19(27)32)10-34-17-13(20)8-15(30-16(17)11-2-4-12(23)5-3-11)21(33,22(24,25)26)9-28-18(31)14-6-7-29-35-14/h2-8,33H,9-10H2,1H3,(H2,27,32)(H,28,31)/t20-,21-/m0/s1. The number of rotatable bonds is 6. The number of carbonyl (C=O) groups excluding carboxylic acids is 2. The summed E-state index contributed by atoms with van der Waals surface area (Å²) in [5.41, 5.74) is -0.727. The van der Waals surface area contributed by atoms with Gasteiger partial charge in [0.05, 0.1) is 18.4 Å². The van der Waals surface area contributed by atoms with Crippen LogP contribution in [0.2, 0.25) is 0 Å². The zero-order chi connectivity index (χ0) is 25.6. The van der Waals surface area contributed by atoms with E-state index in [1.807, 2.05) is 5.32 Å². The second-order valence-electron chi connectivity index (χ2n) is 8.14. The van der Waals surface area contributed by atoms with E-state index in [1.165, 1.54) is 19.1 Å². The highest BCUT2D eigenvalue weighted by molar-refractivity contribution is 5.91. The molecule has 0 saturated heterocycles. The Kier molecular flexibility index (Phi) is 5.75. The maximum atomic E-state index is 14.2. The predicted octanol–water partition coefficient (Wildman–Crippen LogP) is 2.19. The van der Waals surface area contributed by atoms with Gasteiger partial charge in [0.2, 0.25) is 17.3 Å². The first-order chi connectivity index (χ1) is 16.4. The number of aromatic nitrogens is 2. The summed E-state index contributed by atoms with van der Waals surface area (Å²) in [6, 6.07) is 6.62. The number of hydrogen-bond acceptors (Lipinski definition) is 7. The monoisotopic (exact) mass is 494 g/mol. The van der Waals surface area contributed by atoms with Crippen LogP contribution in [-0.2, 0) is 15.8 Å². The van der Waals surface area contributed by atoms with Crippen molar-refractivity contribution in [2.24, 2.45) is 5.73 Å². The quantitative estimate of drug-likeness (QED) is 0.446. The minimum absolute atomic E-state index is 0.0307. The van der Waals surface area contributed by atoms with Gasteiger partial charge in [0.25, 0.3) is 5.91 Å². The van der Waals surface area contributed by atoms with Crippen molar-refractivity contribution in [1.82, 2.24) is 15.5 Å². The highest BCUT2D eigenvalue weighted by Gasteiger charge is 2.57. The number of benzene rings is 1. The van der Waals surface area contributed by atoms with Crippen LogP contribution in [0, 0.1) is 5.82 Å². The van der Waals surface area contributed by atoms with Crippen molar-refractivity contribution < 1.29 is 41.5 Å². The third-order valence-electron chi connectivity index (χ3n) is 5.79. The lowest BCUT2D eigenvalue weighted by Gasteiger charge is -2.31. The number of nitrogens with zero attached hydrogens (tertiary/aromatic N) is 2. The second kappa shape index (κ2) is 8.34. The van der Waals surface area contributed by atoms with Gasteiger partial charge in [0, 0.05) is 17.2 Å². The molecule has 9 nitrogen and oxygen atoms in total. The molecule has 4 rings (SSSR count). The number of carbonyl (C=O) groups is 2. The number of halogens is 4. The largest absolute Gasteiger partial charge is 0.489 e. The average molecular weight is 494 g/mol. The normalized spacial score (nSPS) is 18.9. The number of nitrogens with one attached hydrogen (secondary N) is 1. The fraction of sp³-hybridized carbons (Fsp3) is 0.273. The maximum absolute atomic E-state index is 14.2. The van der Waals surface area contributed by atoms with E-state index < -0.39 is 47.1 Å². The Hall–Kier alpha value is -4.00. The van der Waals surface area contributed by atoms with Gasteiger partial charge in [-0.3, -0.25) is 9.59 Å². The van der Waals surface area contributed by atoms with Gasteiger partial charge in [-0.05, 0) is 37.3 Å². The molecule has 0 bridgehead atoms. The van der Waals surface area contributed by atoms with Crippen molar-refractivity contribution in [3.05, 3.63) is 65.4 Å². The number of fused-ring (bicyclic) bond motifs is 1. The minimum atomic E-state index is -5.33. The predicted molar refractivity (Wildman–Crippen MR) is 110 cm³/mol. The first-order valence-corrected chi connectivity index (χ1v) is 10.1. The van der Waals surface area contributed by atoms with E-state index >= 15 is 0 Å². The number of nitrogens with two attached hydrogens (primary N) is 1. The van der Waals surface area contributed by atoms with E-state index in [9.17, 15) is 32.3 Å². The highest BCUT2D eigenvalue weighted by Crippen LogP contribution is 2.47. The minimum Gasteiger partial charge on any atom is -0.489 e. The van der Waals surface area contributed by atoms with Crippen LogP contribution >= 0.6 is 0 Å². The van der Waals surface area contributed by atoms with Gasteiger partial charge in [-0.2, -0.15) is 13.2 Å². The molecule has 1 aromatic carbocycles. The number of primary amides is 1. The van der Waals surface area contributed by atoms with E-state index in [1.54, 1.807) is 0 Å². The number of ether oxygens (including phenoxy) is 1. The molecule has 0 spiro atoms. The van der Waals surface area contributed by atoms with Crippen molar-refractivity contribution in [3.63, 3.8) is 0 Å². The SMILES string of the molecule is C[C@]1(C(N)=O)COc2c1cc([C@@](O)(CNC(=O)c1ccno1)C(F)(F)F)nc2-c1ccc(F)cc1. The Morgan fingerprint density at radius 1 is 1.23 bits per heavy atom. The molecule has 0 saturated carbocycles. The summed E-state index contributed by atoms with van der Waals surface area (Å²) in [6.07, 6.45) is -4.21. The Labute approximate surface area is 194 Å². The van der Waals surface area contributed by atoms with Crippen LogP contribution in [0.4, 0.5) is 17.6 Å². The Morgan fingerprint density at radius 2 is 1.91 bits per heavy atom. The van der Waals surface area contributed by atoms with E-state index in [-0.39, 0.29) is 34.9 Å². The lowest BCUT2D eigenvalue weighted by Crippen LogP contribution is -2.51. The Balaban J connectivity index is 1.87. The number of pyridine rings is 1. The number of hydrogen-bond donors (Lipinski definition) is 3. The lowest BCUT2D eigenvalue weighted by molar-refractivity contribution is -0.265. The molecule has 0 radical (unpaired) electrons. The Bertz CT molecular complexity index is 1280. The van der Waals surface area contributed by atoms with Crippen LogP contribution in [0.3, 0.4) is 0 Å². The van der Waals surface area contributed by atoms with Crippen LogP contribution in [-0.4, -0.2) is 46.4 Å². The molecular formula is C22H18F4N4O5. The van der Waals surface area contributed by atoms with Gasteiger partial charge >= 0.3 is 6.18 Å². The summed E-state index contributed by atoms with van der Waals surface area (Å²) in [4.78, 5) is 28.3. The summed E-state index contributed by atoms with van der Waals surface area (Å²) in [6.45, 7) is -0.264. The summed E-state index contributed by atoms with van der Waals surface area (Å²) < 4.78 is 66.3. The summed E-state index contributed by atoms with van der Waals surface area (Å²) >= 11 is 0. The lowest BCUT2D eigenvalue weighted by atomic mass is 9.81. The molecule has 1 aliphatic rings. The summed E-state index contributed by atoms with van der Waals surface area (Å²) in [7, 11) is 0. The van der Waals surface area contributed by atoms with Gasteiger partial charge in [-0.25, -0.2) is 9.37 Å². The maximum Gasteiger partial charge on any atom is 0.424 e. The fourth-order valence-electron chi connectivity index (χ4n) is 3.57. The van der Waals surface area contributed by atoms with Gasteiger partial charge in [-0.15, -0.1) is 0 Å². The zero-order valence-corrected chi connectivity index (χ0v) is 18.0. The van der Waals surface area contributed by atoms with Crippen LogP contribution < -0.4 is 15.8 Å². The van der Waals surface area contributed by atoms with Gasteiger partial charge < -0.3 is 25.4 Å². The molecule has 3 aromatic rings. The van der Waals surface area contributed by atoms with Crippen LogP contribution in [0.15, 0.2) is 47.1 Å². The third kappa shape index (κ3) is 4.07. The molecule has 13 heteroatoms. The van der Waals surface area contributed by atoms with Crippen molar-refractivity contribution in [1.29, 1.82) is 0 Å². The molecule has 4 N–H and O–H groups in total. The van der Waals surface area contributed by atoms with Crippen molar-refractivity contribution in [2.45, 2.75) is 24.1 Å². The summed E-state index contributed by atoms with van der Waals surface area (Å²) in [5.74, 6) is -2.95. The number of amides is 2. The second-order valence-corrected chi connectivity index (χ2v) is 8.14.